The molecule has 0 spiro atoms. The highest BCUT2D eigenvalue weighted by atomic mass is 15.0. The molecule has 3 atom stereocenters. The largest absolute Gasteiger partial charge is 0.381 e. The Bertz CT molecular complexity index is 410. The van der Waals surface area contributed by atoms with Crippen molar-refractivity contribution in [2.75, 3.05) is 5.32 Å². The van der Waals surface area contributed by atoms with Crippen molar-refractivity contribution >= 4 is 5.69 Å². The van der Waals surface area contributed by atoms with Crippen molar-refractivity contribution in [3.63, 3.8) is 0 Å². The van der Waals surface area contributed by atoms with Crippen LogP contribution < -0.4 is 5.32 Å². The highest BCUT2D eigenvalue weighted by molar-refractivity contribution is 5.65. The second-order valence-corrected chi connectivity index (χ2v) is 5.55. The van der Waals surface area contributed by atoms with E-state index in [-0.39, 0.29) is 0 Å². The van der Waals surface area contributed by atoms with E-state index in [1.807, 2.05) is 0 Å². The summed E-state index contributed by atoms with van der Waals surface area (Å²) in [5.41, 5.74) is 4.81. The minimum absolute atomic E-state index is 0.389. The second-order valence-electron chi connectivity index (χ2n) is 5.55. The standard InChI is InChI=1S/C14H19N/c1-9-5-4-6-11-12(9)14(3)8-7-10(2)13(14)15-11/h4-6,10,13,15H,7-8H2,1-3H3/t10-,13-,14-/m0/s1. The van der Waals surface area contributed by atoms with Crippen molar-refractivity contribution in [3.05, 3.63) is 29.3 Å². The third kappa shape index (κ3) is 1.04. The first-order valence-corrected chi connectivity index (χ1v) is 5.99. The van der Waals surface area contributed by atoms with Gasteiger partial charge in [-0.2, -0.15) is 0 Å². The normalized spacial score (nSPS) is 37.3. The zero-order chi connectivity index (χ0) is 10.6. The summed E-state index contributed by atoms with van der Waals surface area (Å²) in [6.07, 6.45) is 2.70. The Morgan fingerprint density at radius 1 is 1.40 bits per heavy atom. The van der Waals surface area contributed by atoms with E-state index in [2.05, 4.69) is 44.3 Å². The fourth-order valence-electron chi connectivity index (χ4n) is 3.77. The third-order valence-corrected chi connectivity index (χ3v) is 4.53. The average Bonchev–Trinajstić information content (AvgIpc) is 2.63. The van der Waals surface area contributed by atoms with Gasteiger partial charge in [0.15, 0.2) is 0 Å². The Kier molecular flexibility index (Phi) is 1.72. The smallest absolute Gasteiger partial charge is 0.0384 e. The average molecular weight is 201 g/mol. The first-order chi connectivity index (χ1) is 7.13. The van der Waals surface area contributed by atoms with Gasteiger partial charge in [-0.1, -0.05) is 26.0 Å². The van der Waals surface area contributed by atoms with Gasteiger partial charge in [0, 0.05) is 17.1 Å². The molecule has 80 valence electrons. The molecule has 1 aliphatic heterocycles. The lowest BCUT2D eigenvalue weighted by Crippen LogP contribution is -2.34. The van der Waals surface area contributed by atoms with Gasteiger partial charge < -0.3 is 5.32 Å². The zero-order valence-electron chi connectivity index (χ0n) is 9.80. The lowest BCUT2D eigenvalue weighted by atomic mass is 9.77. The van der Waals surface area contributed by atoms with Crippen LogP contribution >= 0.6 is 0 Å². The first kappa shape index (κ1) is 9.26. The van der Waals surface area contributed by atoms with Gasteiger partial charge >= 0.3 is 0 Å². The molecular weight excluding hydrogens is 182 g/mol. The maximum absolute atomic E-state index is 3.73. The van der Waals surface area contributed by atoms with Gasteiger partial charge in [0.25, 0.3) is 0 Å². The summed E-state index contributed by atoms with van der Waals surface area (Å²) < 4.78 is 0. The monoisotopic (exact) mass is 201 g/mol. The molecule has 1 aliphatic carbocycles. The lowest BCUT2D eigenvalue weighted by Gasteiger charge is -2.27. The van der Waals surface area contributed by atoms with Gasteiger partial charge in [0.2, 0.25) is 0 Å². The van der Waals surface area contributed by atoms with E-state index in [1.165, 1.54) is 24.1 Å². The predicted molar refractivity (Wildman–Crippen MR) is 64.3 cm³/mol. The van der Waals surface area contributed by atoms with E-state index in [0.717, 1.165) is 5.92 Å². The van der Waals surface area contributed by atoms with E-state index in [1.54, 1.807) is 5.56 Å². The minimum Gasteiger partial charge on any atom is -0.381 e. The molecule has 0 saturated heterocycles. The molecule has 0 bridgehead atoms. The summed E-state index contributed by atoms with van der Waals surface area (Å²) in [7, 11) is 0. The van der Waals surface area contributed by atoms with Crippen molar-refractivity contribution in [1.29, 1.82) is 0 Å². The molecule has 1 fully saturated rings. The summed E-state index contributed by atoms with van der Waals surface area (Å²) in [5.74, 6) is 0.807. The Morgan fingerprint density at radius 3 is 3.00 bits per heavy atom. The summed E-state index contributed by atoms with van der Waals surface area (Å²) in [6, 6.07) is 7.31. The van der Waals surface area contributed by atoms with Crippen molar-refractivity contribution in [1.82, 2.24) is 0 Å². The number of nitrogens with one attached hydrogen (secondary N) is 1. The molecule has 3 rings (SSSR count). The quantitative estimate of drug-likeness (QED) is 0.677. The molecule has 1 heterocycles. The number of hydrogen-bond acceptors (Lipinski definition) is 1. The fourth-order valence-corrected chi connectivity index (χ4v) is 3.77. The lowest BCUT2D eigenvalue weighted by molar-refractivity contribution is 0.439. The molecule has 1 aromatic rings. The minimum atomic E-state index is 0.389. The van der Waals surface area contributed by atoms with Gasteiger partial charge in [-0.3, -0.25) is 0 Å². The molecule has 0 unspecified atom stereocenters. The van der Waals surface area contributed by atoms with Crippen LogP contribution in [0.1, 0.15) is 37.8 Å². The zero-order valence-corrected chi connectivity index (χ0v) is 9.80. The molecule has 1 N–H and O–H groups in total. The summed E-state index contributed by atoms with van der Waals surface area (Å²) >= 11 is 0. The third-order valence-electron chi connectivity index (χ3n) is 4.53. The summed E-state index contributed by atoms with van der Waals surface area (Å²) in [4.78, 5) is 0. The number of rotatable bonds is 0. The number of aryl methyl sites for hydroxylation is 1. The van der Waals surface area contributed by atoms with E-state index in [9.17, 15) is 0 Å². The SMILES string of the molecule is Cc1cccc2c1[C@]1(C)CC[C@H](C)[C@@H]1N2. The van der Waals surface area contributed by atoms with Crippen LogP contribution in [-0.2, 0) is 5.41 Å². The van der Waals surface area contributed by atoms with Crippen LogP contribution in [0.25, 0.3) is 0 Å². The molecule has 1 aromatic carbocycles. The maximum atomic E-state index is 3.73. The summed E-state index contributed by atoms with van der Waals surface area (Å²) in [5, 5.41) is 3.73. The van der Waals surface area contributed by atoms with Crippen LogP contribution in [0.15, 0.2) is 18.2 Å². The van der Waals surface area contributed by atoms with Gasteiger partial charge in [-0.15, -0.1) is 0 Å². The maximum Gasteiger partial charge on any atom is 0.0384 e. The van der Waals surface area contributed by atoms with E-state index < -0.39 is 0 Å². The van der Waals surface area contributed by atoms with Gasteiger partial charge in [0.1, 0.15) is 0 Å². The second kappa shape index (κ2) is 2.78. The summed E-state index contributed by atoms with van der Waals surface area (Å²) in [6.45, 7) is 7.06. The van der Waals surface area contributed by atoms with Crippen LogP contribution in [0.3, 0.4) is 0 Å². The molecule has 1 heteroatoms. The Morgan fingerprint density at radius 2 is 2.20 bits per heavy atom. The molecule has 15 heavy (non-hydrogen) atoms. The van der Waals surface area contributed by atoms with E-state index >= 15 is 0 Å². The topological polar surface area (TPSA) is 12.0 Å². The van der Waals surface area contributed by atoms with Gasteiger partial charge in [-0.05, 0) is 42.9 Å². The molecule has 1 saturated carbocycles. The van der Waals surface area contributed by atoms with Crippen molar-refractivity contribution in [3.8, 4) is 0 Å². The van der Waals surface area contributed by atoms with Crippen LogP contribution in [0.4, 0.5) is 5.69 Å². The van der Waals surface area contributed by atoms with Crippen LogP contribution in [0.5, 0.6) is 0 Å². The van der Waals surface area contributed by atoms with Crippen molar-refractivity contribution in [2.24, 2.45) is 5.92 Å². The predicted octanol–water partition coefficient (Wildman–Crippen LogP) is 3.48. The van der Waals surface area contributed by atoms with E-state index in [4.69, 9.17) is 0 Å². The molecule has 2 aliphatic rings. The molecule has 0 amide bonds. The number of benzene rings is 1. The molecular formula is C14H19N. The van der Waals surface area contributed by atoms with E-state index in [0.29, 0.717) is 11.5 Å². The number of anilines is 1. The highest BCUT2D eigenvalue weighted by Crippen LogP contribution is 2.53. The Labute approximate surface area is 91.9 Å². The first-order valence-electron chi connectivity index (χ1n) is 5.99. The molecule has 0 radical (unpaired) electrons. The van der Waals surface area contributed by atoms with Crippen LogP contribution in [-0.4, -0.2) is 6.04 Å². The Hall–Kier alpha value is -0.980. The molecule has 1 nitrogen and oxygen atoms in total. The van der Waals surface area contributed by atoms with Crippen molar-refractivity contribution < 1.29 is 0 Å². The highest BCUT2D eigenvalue weighted by Gasteiger charge is 2.50. The van der Waals surface area contributed by atoms with Crippen molar-refractivity contribution in [2.45, 2.75) is 45.1 Å². The van der Waals surface area contributed by atoms with Gasteiger partial charge in [0.05, 0.1) is 0 Å². The fraction of sp³-hybridized carbons (Fsp3) is 0.571. The van der Waals surface area contributed by atoms with Gasteiger partial charge in [-0.25, -0.2) is 0 Å². The molecule has 0 aromatic heterocycles. The van der Waals surface area contributed by atoms with Crippen LogP contribution in [0, 0.1) is 12.8 Å². The number of fused-ring (bicyclic) bond motifs is 3. The number of hydrogen-bond donors (Lipinski definition) is 1. The van der Waals surface area contributed by atoms with Crippen LogP contribution in [0.2, 0.25) is 0 Å². The Balaban J connectivity index is 2.18.